The molecule has 5 rings (SSSR count). The van der Waals surface area contributed by atoms with Crippen LogP contribution in [0, 0.1) is 17.7 Å². The smallest absolute Gasteiger partial charge is 0.407 e. The molecule has 0 radical (unpaired) electrons. The van der Waals surface area contributed by atoms with Crippen LogP contribution in [-0.4, -0.2) is 36.2 Å². The van der Waals surface area contributed by atoms with Crippen LogP contribution in [0.2, 0.25) is 0 Å². The molecule has 3 N–H and O–H groups in total. The Bertz CT molecular complexity index is 1280. The highest BCUT2D eigenvalue weighted by molar-refractivity contribution is 5.96. The normalized spacial score (nSPS) is 17.7. The van der Waals surface area contributed by atoms with E-state index in [4.69, 9.17) is 9.84 Å². The molecule has 3 aromatic rings. The van der Waals surface area contributed by atoms with Crippen LogP contribution in [0.4, 0.5) is 14.9 Å². The van der Waals surface area contributed by atoms with Gasteiger partial charge in [0.15, 0.2) is 0 Å². The number of carbonyl (C=O) groups excluding carboxylic acids is 2. The molecule has 2 aliphatic carbocycles. The van der Waals surface area contributed by atoms with Crippen LogP contribution in [-0.2, 0) is 9.53 Å². The number of amides is 2. The van der Waals surface area contributed by atoms with E-state index < -0.39 is 29.7 Å². The molecule has 0 spiro atoms. The Hall–Kier alpha value is -4.20. The van der Waals surface area contributed by atoms with Gasteiger partial charge in [0, 0.05) is 18.4 Å². The van der Waals surface area contributed by atoms with Crippen molar-refractivity contribution in [3.63, 3.8) is 0 Å². The average molecular weight is 474 g/mol. The summed E-state index contributed by atoms with van der Waals surface area (Å²) in [7, 11) is 0. The quantitative estimate of drug-likeness (QED) is 0.463. The second-order valence-electron chi connectivity index (χ2n) is 8.80. The van der Waals surface area contributed by atoms with Crippen LogP contribution in [0.1, 0.15) is 33.8 Å². The number of ether oxygens (including phenoxy) is 1. The van der Waals surface area contributed by atoms with E-state index in [1.54, 1.807) is 0 Å². The van der Waals surface area contributed by atoms with Gasteiger partial charge in [0.2, 0.25) is 5.91 Å². The number of nitrogens with one attached hydrogen (secondary N) is 2. The minimum atomic E-state index is -1.21. The number of carboxylic acid groups (broad SMARTS) is 1. The zero-order chi connectivity index (χ0) is 24.5. The Labute approximate surface area is 200 Å². The van der Waals surface area contributed by atoms with Crippen LogP contribution < -0.4 is 10.6 Å². The van der Waals surface area contributed by atoms with Crippen LogP contribution >= 0.6 is 0 Å². The Kier molecular flexibility index (Phi) is 5.94. The Balaban J connectivity index is 1.11. The second-order valence-corrected chi connectivity index (χ2v) is 8.80. The summed E-state index contributed by atoms with van der Waals surface area (Å²) in [5.74, 6) is -2.86. The zero-order valence-electron chi connectivity index (χ0n) is 18.7. The van der Waals surface area contributed by atoms with Crippen LogP contribution in [0.25, 0.3) is 11.1 Å². The van der Waals surface area contributed by atoms with Crippen molar-refractivity contribution < 1.29 is 28.6 Å². The maximum Gasteiger partial charge on any atom is 0.407 e. The number of hydrogen-bond donors (Lipinski definition) is 3. The lowest BCUT2D eigenvalue weighted by Crippen LogP contribution is -2.29. The highest BCUT2D eigenvalue weighted by Gasteiger charge is 2.43. The van der Waals surface area contributed by atoms with E-state index in [9.17, 15) is 18.8 Å². The fourth-order valence-electron chi connectivity index (χ4n) is 4.64. The molecule has 0 aliphatic heterocycles. The number of anilines is 1. The van der Waals surface area contributed by atoms with Gasteiger partial charge in [-0.25, -0.2) is 14.0 Å². The third-order valence-electron chi connectivity index (χ3n) is 6.58. The average Bonchev–Trinajstić information content (AvgIpc) is 3.58. The van der Waals surface area contributed by atoms with Gasteiger partial charge in [0.05, 0.1) is 11.3 Å². The zero-order valence-corrected chi connectivity index (χ0v) is 18.7. The number of aromatic carboxylic acids is 1. The van der Waals surface area contributed by atoms with Gasteiger partial charge in [0.1, 0.15) is 12.4 Å². The molecule has 7 nitrogen and oxygen atoms in total. The van der Waals surface area contributed by atoms with Gasteiger partial charge in [-0.15, -0.1) is 0 Å². The topological polar surface area (TPSA) is 105 Å². The van der Waals surface area contributed by atoms with Crippen LogP contribution in [0.5, 0.6) is 0 Å². The summed E-state index contributed by atoms with van der Waals surface area (Å²) < 4.78 is 19.5. The Morgan fingerprint density at radius 1 is 0.971 bits per heavy atom. The summed E-state index contributed by atoms with van der Waals surface area (Å²) in [5, 5.41) is 14.2. The molecule has 35 heavy (non-hydrogen) atoms. The number of carbonyl (C=O) groups is 3. The maximum atomic E-state index is 13.9. The highest BCUT2D eigenvalue weighted by atomic mass is 19.1. The Morgan fingerprint density at radius 2 is 1.63 bits per heavy atom. The molecule has 1 saturated carbocycles. The SMILES string of the molecule is O=C(NC[C@@H]1C[C@@H]1C(=O)Nc1cc(C(=O)O)ccc1F)OCC1c2ccccc2-c2ccccc21. The minimum absolute atomic E-state index is 0.0379. The number of fused-ring (bicyclic) bond motifs is 3. The fraction of sp³-hybridized carbons (Fsp3) is 0.222. The van der Waals surface area contributed by atoms with Gasteiger partial charge >= 0.3 is 12.1 Å². The summed E-state index contributed by atoms with van der Waals surface area (Å²) in [4.78, 5) is 35.8. The summed E-state index contributed by atoms with van der Waals surface area (Å²) in [6, 6.07) is 19.4. The highest BCUT2D eigenvalue weighted by Crippen LogP contribution is 2.44. The summed E-state index contributed by atoms with van der Waals surface area (Å²) in [6.07, 6.45) is -0.0199. The van der Waals surface area contributed by atoms with Crippen molar-refractivity contribution in [3.8, 4) is 11.1 Å². The lowest BCUT2D eigenvalue weighted by atomic mass is 9.98. The van der Waals surface area contributed by atoms with Gasteiger partial charge in [-0.2, -0.15) is 0 Å². The molecule has 178 valence electrons. The van der Waals surface area contributed by atoms with Crippen molar-refractivity contribution in [1.29, 1.82) is 0 Å². The molecule has 0 aromatic heterocycles. The lowest BCUT2D eigenvalue weighted by Gasteiger charge is -2.14. The van der Waals surface area contributed by atoms with Crippen molar-refractivity contribution >= 4 is 23.7 Å². The predicted octanol–water partition coefficient (Wildman–Crippen LogP) is 4.64. The molecule has 1 fully saturated rings. The monoisotopic (exact) mass is 474 g/mol. The molecule has 0 saturated heterocycles. The van der Waals surface area contributed by atoms with Crippen molar-refractivity contribution in [3.05, 3.63) is 89.2 Å². The molecule has 0 bridgehead atoms. The number of halogens is 1. The fourth-order valence-corrected chi connectivity index (χ4v) is 4.64. The first-order valence-corrected chi connectivity index (χ1v) is 11.3. The number of hydrogen-bond acceptors (Lipinski definition) is 4. The summed E-state index contributed by atoms with van der Waals surface area (Å²) in [5.41, 5.74) is 4.25. The van der Waals surface area contributed by atoms with Crippen molar-refractivity contribution in [2.75, 3.05) is 18.5 Å². The number of rotatable bonds is 7. The van der Waals surface area contributed by atoms with E-state index >= 15 is 0 Å². The van der Waals surface area contributed by atoms with Gasteiger partial charge in [-0.05, 0) is 52.8 Å². The van der Waals surface area contributed by atoms with Gasteiger partial charge < -0.3 is 20.5 Å². The molecule has 0 unspecified atom stereocenters. The molecule has 3 aromatic carbocycles. The first kappa shape index (κ1) is 22.6. The third kappa shape index (κ3) is 4.59. The summed E-state index contributed by atoms with van der Waals surface area (Å²) >= 11 is 0. The first-order chi connectivity index (χ1) is 16.9. The number of carboxylic acids is 1. The van der Waals surface area contributed by atoms with E-state index in [1.807, 2.05) is 36.4 Å². The molecular weight excluding hydrogens is 451 g/mol. The van der Waals surface area contributed by atoms with E-state index in [0.29, 0.717) is 6.42 Å². The van der Waals surface area contributed by atoms with Crippen molar-refractivity contribution in [2.45, 2.75) is 12.3 Å². The summed E-state index contributed by atoms with van der Waals surface area (Å²) in [6.45, 7) is 0.458. The molecule has 2 atom stereocenters. The van der Waals surface area contributed by atoms with E-state index in [-0.39, 0.29) is 36.2 Å². The molecule has 2 aliphatic rings. The minimum Gasteiger partial charge on any atom is -0.478 e. The van der Waals surface area contributed by atoms with E-state index in [0.717, 1.165) is 40.5 Å². The first-order valence-electron chi connectivity index (χ1n) is 11.3. The van der Waals surface area contributed by atoms with Crippen LogP contribution in [0.15, 0.2) is 66.7 Å². The van der Waals surface area contributed by atoms with Crippen molar-refractivity contribution in [2.24, 2.45) is 11.8 Å². The molecule has 0 heterocycles. The third-order valence-corrected chi connectivity index (χ3v) is 6.58. The maximum absolute atomic E-state index is 13.9. The van der Waals surface area contributed by atoms with Gasteiger partial charge in [0.25, 0.3) is 0 Å². The van der Waals surface area contributed by atoms with Gasteiger partial charge in [-0.3, -0.25) is 4.79 Å². The standard InChI is InChI=1S/C27H23FN2O5/c28-23-10-9-15(26(32)33)12-24(23)30-25(31)21-11-16(21)13-29-27(34)35-14-22-19-7-3-1-5-17(19)18-6-2-4-8-20(18)22/h1-10,12,16,21-22H,11,13-14H2,(H,29,34)(H,30,31)(H,32,33)/t16-,21-/m0/s1. The molecular formula is C27H23FN2O5. The molecule has 2 amide bonds. The van der Waals surface area contributed by atoms with Crippen molar-refractivity contribution in [1.82, 2.24) is 5.32 Å². The molecule has 8 heteroatoms. The number of alkyl carbamates (subject to hydrolysis) is 1. The van der Waals surface area contributed by atoms with Crippen LogP contribution in [0.3, 0.4) is 0 Å². The Morgan fingerprint density at radius 3 is 2.29 bits per heavy atom. The van der Waals surface area contributed by atoms with E-state index in [1.165, 1.54) is 0 Å². The number of benzene rings is 3. The van der Waals surface area contributed by atoms with E-state index in [2.05, 4.69) is 22.8 Å². The second kappa shape index (κ2) is 9.21. The lowest BCUT2D eigenvalue weighted by molar-refractivity contribution is -0.117. The largest absolute Gasteiger partial charge is 0.478 e. The van der Waals surface area contributed by atoms with Gasteiger partial charge in [-0.1, -0.05) is 48.5 Å². The predicted molar refractivity (Wildman–Crippen MR) is 127 cm³/mol.